The molecule has 154 valence electrons. The standard InChI is InChI=1S/C21H30N4O2.ClH/c1-15(2)17-4-6-18(7-5-17)21-23-19(27-24-21)8-9-20(26)25-12-10-16(11-13-25)14-22-3;/h4-7,15-16,22H,8-14H2,1-3H3;1H. The number of benzene rings is 1. The lowest BCUT2D eigenvalue weighted by molar-refractivity contribution is -0.132. The zero-order valence-electron chi connectivity index (χ0n) is 17.0. The van der Waals surface area contributed by atoms with Gasteiger partial charge in [0.1, 0.15) is 0 Å². The summed E-state index contributed by atoms with van der Waals surface area (Å²) in [5.74, 6) is 2.46. The van der Waals surface area contributed by atoms with Crippen molar-refractivity contribution in [3.8, 4) is 11.4 Å². The van der Waals surface area contributed by atoms with Crippen LogP contribution < -0.4 is 5.32 Å². The van der Waals surface area contributed by atoms with E-state index in [0.717, 1.165) is 38.0 Å². The number of amides is 1. The fourth-order valence-electron chi connectivity index (χ4n) is 3.54. The Kier molecular flexibility index (Phi) is 8.45. The van der Waals surface area contributed by atoms with Gasteiger partial charge in [-0.3, -0.25) is 4.79 Å². The van der Waals surface area contributed by atoms with Crippen molar-refractivity contribution in [3.05, 3.63) is 35.7 Å². The van der Waals surface area contributed by atoms with Gasteiger partial charge in [0.15, 0.2) is 0 Å². The van der Waals surface area contributed by atoms with Gasteiger partial charge in [0.2, 0.25) is 17.6 Å². The predicted molar refractivity (Wildman–Crippen MR) is 113 cm³/mol. The molecule has 1 aromatic carbocycles. The highest BCUT2D eigenvalue weighted by Gasteiger charge is 2.22. The quantitative estimate of drug-likeness (QED) is 0.759. The van der Waals surface area contributed by atoms with Gasteiger partial charge in [-0.2, -0.15) is 4.98 Å². The number of piperidine rings is 1. The number of rotatable bonds is 7. The number of halogens is 1. The van der Waals surface area contributed by atoms with E-state index >= 15 is 0 Å². The Labute approximate surface area is 173 Å². The van der Waals surface area contributed by atoms with Crippen molar-refractivity contribution in [1.82, 2.24) is 20.4 Å². The second-order valence-corrected chi connectivity index (χ2v) is 7.67. The minimum absolute atomic E-state index is 0. The lowest BCUT2D eigenvalue weighted by Crippen LogP contribution is -2.40. The maximum absolute atomic E-state index is 12.4. The van der Waals surface area contributed by atoms with Crippen LogP contribution in [-0.4, -0.2) is 47.6 Å². The number of aryl methyl sites for hydroxylation is 1. The van der Waals surface area contributed by atoms with Crippen LogP contribution in [0.5, 0.6) is 0 Å². The molecule has 1 amide bonds. The van der Waals surface area contributed by atoms with E-state index in [1.54, 1.807) is 0 Å². The van der Waals surface area contributed by atoms with Crippen LogP contribution in [0.25, 0.3) is 11.4 Å². The van der Waals surface area contributed by atoms with Crippen LogP contribution in [0, 0.1) is 5.92 Å². The summed E-state index contributed by atoms with van der Waals surface area (Å²) in [6.07, 6.45) is 3.06. The van der Waals surface area contributed by atoms with Crippen molar-refractivity contribution in [2.24, 2.45) is 5.92 Å². The van der Waals surface area contributed by atoms with Gasteiger partial charge < -0.3 is 14.7 Å². The SMILES string of the molecule is CNCC1CCN(C(=O)CCc2nc(-c3ccc(C(C)C)cc3)no2)CC1.Cl. The summed E-state index contributed by atoms with van der Waals surface area (Å²) in [7, 11) is 1.98. The van der Waals surface area contributed by atoms with E-state index in [2.05, 4.69) is 41.4 Å². The molecule has 0 atom stereocenters. The maximum atomic E-state index is 12.4. The normalized spacial score (nSPS) is 14.9. The van der Waals surface area contributed by atoms with Crippen LogP contribution in [-0.2, 0) is 11.2 Å². The molecule has 0 bridgehead atoms. The molecular weight excluding hydrogens is 376 g/mol. The number of likely N-dealkylation sites (tertiary alicyclic amines) is 1. The van der Waals surface area contributed by atoms with Crippen LogP contribution in [0.2, 0.25) is 0 Å². The van der Waals surface area contributed by atoms with E-state index in [0.29, 0.717) is 36.4 Å². The number of aromatic nitrogens is 2. The van der Waals surface area contributed by atoms with Gasteiger partial charge in [-0.15, -0.1) is 12.4 Å². The highest BCUT2D eigenvalue weighted by Crippen LogP contribution is 2.21. The van der Waals surface area contributed by atoms with E-state index in [1.165, 1.54) is 5.56 Å². The summed E-state index contributed by atoms with van der Waals surface area (Å²) in [6.45, 7) is 7.07. The van der Waals surface area contributed by atoms with E-state index in [1.807, 2.05) is 24.1 Å². The first-order valence-electron chi connectivity index (χ1n) is 9.92. The van der Waals surface area contributed by atoms with Crippen molar-refractivity contribution in [2.45, 2.75) is 45.4 Å². The van der Waals surface area contributed by atoms with Gasteiger partial charge >= 0.3 is 0 Å². The Morgan fingerprint density at radius 1 is 1.25 bits per heavy atom. The third-order valence-corrected chi connectivity index (χ3v) is 5.32. The number of carbonyl (C=O) groups is 1. The van der Waals surface area contributed by atoms with Gasteiger partial charge in [0, 0.05) is 31.5 Å². The summed E-state index contributed by atoms with van der Waals surface area (Å²) >= 11 is 0. The molecule has 28 heavy (non-hydrogen) atoms. The molecule has 2 heterocycles. The molecular formula is C21H31ClN4O2. The molecule has 2 aromatic rings. The summed E-state index contributed by atoms with van der Waals surface area (Å²) in [5.41, 5.74) is 2.22. The highest BCUT2D eigenvalue weighted by atomic mass is 35.5. The second-order valence-electron chi connectivity index (χ2n) is 7.67. The molecule has 6 nitrogen and oxygen atoms in total. The lowest BCUT2D eigenvalue weighted by atomic mass is 9.96. The number of hydrogen-bond donors (Lipinski definition) is 1. The van der Waals surface area contributed by atoms with E-state index in [-0.39, 0.29) is 18.3 Å². The fourth-order valence-corrected chi connectivity index (χ4v) is 3.54. The van der Waals surface area contributed by atoms with Gasteiger partial charge in [-0.05, 0) is 43.8 Å². The van der Waals surface area contributed by atoms with E-state index < -0.39 is 0 Å². The molecule has 0 aliphatic carbocycles. The summed E-state index contributed by atoms with van der Waals surface area (Å²) in [5, 5.41) is 7.29. The van der Waals surface area contributed by atoms with Gasteiger partial charge in [0.05, 0.1) is 0 Å². The molecule has 1 N–H and O–H groups in total. The number of nitrogens with one attached hydrogen (secondary N) is 1. The van der Waals surface area contributed by atoms with Crippen molar-refractivity contribution < 1.29 is 9.32 Å². The molecule has 1 fully saturated rings. The minimum atomic E-state index is 0. The van der Waals surface area contributed by atoms with Crippen molar-refractivity contribution in [3.63, 3.8) is 0 Å². The molecule has 7 heteroatoms. The molecule has 1 aliphatic rings. The second kappa shape index (κ2) is 10.6. The Bertz CT molecular complexity index is 737. The molecule has 3 rings (SSSR count). The monoisotopic (exact) mass is 406 g/mol. The van der Waals surface area contributed by atoms with Gasteiger partial charge in [-0.1, -0.05) is 43.3 Å². The van der Waals surface area contributed by atoms with Crippen molar-refractivity contribution in [2.75, 3.05) is 26.7 Å². The first kappa shape index (κ1) is 22.4. The largest absolute Gasteiger partial charge is 0.343 e. The molecule has 1 saturated heterocycles. The number of hydrogen-bond acceptors (Lipinski definition) is 5. The average Bonchev–Trinajstić information content (AvgIpc) is 3.16. The third kappa shape index (κ3) is 5.79. The lowest BCUT2D eigenvalue weighted by Gasteiger charge is -2.31. The van der Waals surface area contributed by atoms with E-state index in [4.69, 9.17) is 4.52 Å². The average molecular weight is 407 g/mol. The topological polar surface area (TPSA) is 71.3 Å². The Hall–Kier alpha value is -1.92. The smallest absolute Gasteiger partial charge is 0.227 e. The van der Waals surface area contributed by atoms with E-state index in [9.17, 15) is 4.79 Å². The highest BCUT2D eigenvalue weighted by molar-refractivity contribution is 5.85. The fraction of sp³-hybridized carbons (Fsp3) is 0.571. The van der Waals surface area contributed by atoms with Gasteiger partial charge in [-0.25, -0.2) is 0 Å². The minimum Gasteiger partial charge on any atom is -0.343 e. The Balaban J connectivity index is 0.00000280. The first-order chi connectivity index (χ1) is 13.1. The molecule has 0 unspecified atom stereocenters. The number of nitrogens with zero attached hydrogens (tertiary/aromatic N) is 3. The van der Waals surface area contributed by atoms with Crippen LogP contribution in [0.3, 0.4) is 0 Å². The molecule has 1 aromatic heterocycles. The summed E-state index contributed by atoms with van der Waals surface area (Å²) in [4.78, 5) is 18.9. The van der Waals surface area contributed by atoms with Crippen molar-refractivity contribution in [1.29, 1.82) is 0 Å². The predicted octanol–water partition coefficient (Wildman–Crippen LogP) is 3.67. The molecule has 1 aliphatic heterocycles. The van der Waals surface area contributed by atoms with Crippen LogP contribution in [0.1, 0.15) is 50.5 Å². The first-order valence-corrected chi connectivity index (χ1v) is 9.92. The van der Waals surface area contributed by atoms with Crippen LogP contribution in [0.4, 0.5) is 0 Å². The zero-order valence-corrected chi connectivity index (χ0v) is 17.8. The molecule has 0 radical (unpaired) electrons. The van der Waals surface area contributed by atoms with Crippen LogP contribution in [0.15, 0.2) is 28.8 Å². The van der Waals surface area contributed by atoms with Crippen molar-refractivity contribution >= 4 is 18.3 Å². The Morgan fingerprint density at radius 2 is 1.93 bits per heavy atom. The maximum Gasteiger partial charge on any atom is 0.227 e. The summed E-state index contributed by atoms with van der Waals surface area (Å²) in [6, 6.07) is 8.23. The third-order valence-electron chi connectivity index (χ3n) is 5.32. The zero-order chi connectivity index (χ0) is 19.2. The molecule has 0 spiro atoms. The summed E-state index contributed by atoms with van der Waals surface area (Å²) < 4.78 is 5.34. The van der Waals surface area contributed by atoms with Crippen LogP contribution >= 0.6 is 12.4 Å². The molecule has 0 saturated carbocycles. The van der Waals surface area contributed by atoms with Gasteiger partial charge in [0.25, 0.3) is 0 Å². The number of carbonyl (C=O) groups excluding carboxylic acids is 1. The Morgan fingerprint density at radius 3 is 2.54 bits per heavy atom.